The number of piperidine rings is 2. The van der Waals surface area contributed by atoms with Crippen LogP contribution in [-0.4, -0.2) is 113 Å². The summed E-state index contributed by atoms with van der Waals surface area (Å²) in [4.78, 5) is 48.6. The van der Waals surface area contributed by atoms with E-state index in [0.29, 0.717) is 37.8 Å². The molecule has 1 atom stereocenters. The summed E-state index contributed by atoms with van der Waals surface area (Å²) in [6.07, 6.45) is -4.76. The Morgan fingerprint density at radius 1 is 0.980 bits per heavy atom. The molecule has 1 aromatic heterocycles. The first-order chi connectivity index (χ1) is 24.0. The van der Waals surface area contributed by atoms with Crippen molar-refractivity contribution in [3.8, 4) is 11.4 Å². The van der Waals surface area contributed by atoms with Gasteiger partial charge in [0, 0.05) is 77.4 Å². The molecular weight excluding hydrogens is 677 g/mol. The minimum Gasteiger partial charge on any atom is -0.436 e. The van der Waals surface area contributed by atoms with Crippen molar-refractivity contribution in [1.29, 1.82) is 0 Å². The van der Waals surface area contributed by atoms with Gasteiger partial charge in [-0.05, 0) is 43.4 Å². The van der Waals surface area contributed by atoms with Crippen LogP contribution in [0, 0.1) is 0 Å². The van der Waals surface area contributed by atoms with E-state index in [4.69, 9.17) is 16.3 Å². The summed E-state index contributed by atoms with van der Waals surface area (Å²) in [7, 11) is 1.35. The number of anilines is 1. The van der Waals surface area contributed by atoms with Gasteiger partial charge in [0.1, 0.15) is 0 Å². The molecule has 3 N–H and O–H groups in total. The summed E-state index contributed by atoms with van der Waals surface area (Å²) in [6.45, 7) is 5.06. The molecule has 3 aliphatic rings. The number of halogens is 4. The van der Waals surface area contributed by atoms with Gasteiger partial charge in [-0.1, -0.05) is 41.9 Å². The molecule has 270 valence electrons. The van der Waals surface area contributed by atoms with E-state index >= 15 is 0 Å². The van der Waals surface area contributed by atoms with Crippen molar-refractivity contribution in [3.63, 3.8) is 0 Å². The fourth-order valence-corrected chi connectivity index (χ4v) is 7.49. The molecule has 0 aliphatic carbocycles. The molecule has 50 heavy (non-hydrogen) atoms. The van der Waals surface area contributed by atoms with Crippen LogP contribution in [-0.2, 0) is 22.1 Å². The lowest BCUT2D eigenvalue weighted by molar-refractivity contribution is -0.142. The molecule has 0 radical (unpaired) electrons. The minimum absolute atomic E-state index is 0.119. The summed E-state index contributed by atoms with van der Waals surface area (Å²) in [5, 5.41) is 10.2. The number of nitrogens with zero attached hydrogens (tertiary/aromatic N) is 5. The Hall–Kier alpha value is -4.08. The van der Waals surface area contributed by atoms with Crippen molar-refractivity contribution in [2.75, 3.05) is 64.7 Å². The Balaban J connectivity index is 1.15. The number of alkyl halides is 3. The number of hydrogen-bond donors (Lipinski definition) is 3. The second-order valence-corrected chi connectivity index (χ2v) is 13.4. The third-order valence-corrected chi connectivity index (χ3v) is 10.1. The first kappa shape index (κ1) is 35.7. The molecule has 0 spiro atoms. The largest absolute Gasteiger partial charge is 0.436 e. The van der Waals surface area contributed by atoms with Crippen molar-refractivity contribution in [2.45, 2.75) is 56.5 Å². The molecule has 2 amide bonds. The van der Waals surface area contributed by atoms with Crippen LogP contribution in [0.1, 0.15) is 42.9 Å². The van der Waals surface area contributed by atoms with E-state index in [1.807, 2.05) is 30.3 Å². The fourth-order valence-electron chi connectivity index (χ4n) is 7.15. The number of rotatable bonds is 8. The number of hydrogen-bond acceptors (Lipinski definition) is 8. The maximum atomic E-state index is 14.0. The Kier molecular flexibility index (Phi) is 11.0. The Labute approximate surface area is 292 Å². The topological polar surface area (TPSA) is 128 Å². The average Bonchev–Trinajstić information content (AvgIpc) is 3.52. The van der Waals surface area contributed by atoms with Gasteiger partial charge in [0.25, 0.3) is 5.91 Å². The fraction of sp³-hybridized carbons (Fsp3) is 0.529. The molecule has 0 unspecified atom stereocenters. The van der Waals surface area contributed by atoms with E-state index in [-0.39, 0.29) is 47.5 Å². The highest BCUT2D eigenvalue weighted by molar-refractivity contribution is 6.33. The molecule has 16 heteroatoms. The maximum absolute atomic E-state index is 14.0. The monoisotopic (exact) mass is 718 g/mol. The number of aromatic nitrogens is 3. The molecule has 0 bridgehead atoms. The lowest BCUT2D eigenvalue weighted by Gasteiger charge is -2.41. The number of likely N-dealkylation sites (tertiary alicyclic amines) is 2. The summed E-state index contributed by atoms with van der Waals surface area (Å²) < 4.78 is 49.2. The van der Waals surface area contributed by atoms with Crippen molar-refractivity contribution in [3.05, 3.63) is 69.1 Å². The zero-order chi connectivity index (χ0) is 35.4. The third-order valence-electron chi connectivity index (χ3n) is 9.85. The number of benzene rings is 2. The maximum Gasteiger partial charge on any atom is 0.418 e. The smallest absolute Gasteiger partial charge is 0.418 e. The molecule has 3 aliphatic heterocycles. The van der Waals surface area contributed by atoms with Crippen LogP contribution in [0.25, 0.3) is 11.4 Å². The van der Waals surface area contributed by atoms with E-state index in [1.165, 1.54) is 22.7 Å². The van der Waals surface area contributed by atoms with Gasteiger partial charge in [0.2, 0.25) is 0 Å². The highest BCUT2D eigenvalue weighted by Gasteiger charge is 2.38. The summed E-state index contributed by atoms with van der Waals surface area (Å²) in [5.41, 5.74) is -0.695. The standard InChI is InChI=1S/C34H42ClF3N8O4/c1-39-29-26(34(36,37)38)19-22(20-27(29)35)21-28(31(47)44-13-7-24(8-14-44)43-17-11-40-12-18-43)50-33(49)45-15-9-25(10-16-45)46-32(48)41-30(42-46)23-5-3-2-4-6-23/h2-6,19-20,24-25,28,39-40H,7-18,21H2,1H3,(H,41,42,48)/t28-/m1/s1. The number of nitrogens with one attached hydrogen (secondary N) is 3. The van der Waals surface area contributed by atoms with Crippen molar-refractivity contribution >= 4 is 29.3 Å². The normalized spacial score (nSPS) is 19.0. The minimum atomic E-state index is -4.71. The Bertz CT molecular complexity index is 1700. The molecule has 3 aromatic rings. The summed E-state index contributed by atoms with van der Waals surface area (Å²) in [5.74, 6) is -0.00168. The van der Waals surface area contributed by atoms with E-state index < -0.39 is 29.8 Å². The molecule has 12 nitrogen and oxygen atoms in total. The van der Waals surface area contributed by atoms with Crippen LogP contribution in [0.5, 0.6) is 0 Å². The molecule has 6 rings (SSSR count). The van der Waals surface area contributed by atoms with Gasteiger partial charge in [0.15, 0.2) is 11.9 Å². The zero-order valence-electron chi connectivity index (χ0n) is 27.8. The first-order valence-corrected chi connectivity index (χ1v) is 17.4. The number of H-pyrrole nitrogens is 1. The Morgan fingerprint density at radius 2 is 1.62 bits per heavy atom. The SMILES string of the molecule is CNc1c(Cl)cc(C[C@@H](OC(=O)N2CCC(n3nc(-c4ccccc4)[nH]c3=O)CC2)C(=O)N2CCC(N3CCNCC3)CC2)cc1C(F)(F)F. The second-order valence-electron chi connectivity index (χ2n) is 13.0. The van der Waals surface area contributed by atoms with Crippen molar-refractivity contribution in [2.24, 2.45) is 0 Å². The van der Waals surface area contributed by atoms with E-state index in [0.717, 1.165) is 50.7 Å². The number of piperazine rings is 1. The van der Waals surface area contributed by atoms with Crippen molar-refractivity contribution in [1.82, 2.24) is 34.8 Å². The molecule has 2 aromatic carbocycles. The Morgan fingerprint density at radius 3 is 2.26 bits per heavy atom. The van der Waals surface area contributed by atoms with Crippen LogP contribution in [0.3, 0.4) is 0 Å². The number of amides is 2. The molecule has 3 saturated heterocycles. The average molecular weight is 719 g/mol. The van der Waals surface area contributed by atoms with Crippen LogP contribution in [0.4, 0.5) is 23.7 Å². The first-order valence-electron chi connectivity index (χ1n) is 17.0. The van der Waals surface area contributed by atoms with Crippen LogP contribution < -0.4 is 16.3 Å². The van der Waals surface area contributed by atoms with Gasteiger partial charge in [-0.25, -0.2) is 14.3 Å². The predicted molar refractivity (Wildman–Crippen MR) is 182 cm³/mol. The third kappa shape index (κ3) is 8.10. The lowest BCUT2D eigenvalue weighted by atomic mass is 9.99. The van der Waals surface area contributed by atoms with Gasteiger partial charge < -0.3 is 25.2 Å². The van der Waals surface area contributed by atoms with Gasteiger partial charge in [-0.3, -0.25) is 14.7 Å². The van der Waals surface area contributed by atoms with E-state index in [9.17, 15) is 27.6 Å². The van der Waals surface area contributed by atoms with Crippen LogP contribution >= 0.6 is 11.6 Å². The zero-order valence-corrected chi connectivity index (χ0v) is 28.6. The number of aromatic amines is 1. The van der Waals surface area contributed by atoms with Crippen LogP contribution in [0.15, 0.2) is 47.3 Å². The quantitative estimate of drug-likeness (QED) is 0.316. The molecular formula is C34H42ClF3N8O4. The van der Waals surface area contributed by atoms with Gasteiger partial charge in [0.05, 0.1) is 22.3 Å². The molecule has 0 saturated carbocycles. The number of carbonyl (C=O) groups is 2. The van der Waals surface area contributed by atoms with Gasteiger partial charge >= 0.3 is 18.0 Å². The van der Waals surface area contributed by atoms with Crippen LogP contribution in [0.2, 0.25) is 5.02 Å². The predicted octanol–water partition coefficient (Wildman–Crippen LogP) is 4.23. The summed E-state index contributed by atoms with van der Waals surface area (Å²) in [6, 6.07) is 11.7. The second kappa shape index (κ2) is 15.4. The highest BCUT2D eigenvalue weighted by atomic mass is 35.5. The van der Waals surface area contributed by atoms with E-state index in [2.05, 4.69) is 25.6 Å². The van der Waals surface area contributed by atoms with Gasteiger partial charge in [-0.2, -0.15) is 13.2 Å². The number of ether oxygens (including phenoxy) is 1. The molecule has 4 heterocycles. The summed E-state index contributed by atoms with van der Waals surface area (Å²) >= 11 is 6.27. The lowest BCUT2D eigenvalue weighted by Crippen LogP contribution is -2.54. The number of carbonyl (C=O) groups excluding carboxylic acids is 2. The van der Waals surface area contributed by atoms with E-state index in [1.54, 1.807) is 4.90 Å². The van der Waals surface area contributed by atoms with Gasteiger partial charge in [-0.15, -0.1) is 5.10 Å². The van der Waals surface area contributed by atoms with Crippen molar-refractivity contribution < 1.29 is 27.5 Å². The molecule has 3 fully saturated rings. The highest BCUT2D eigenvalue weighted by Crippen LogP contribution is 2.40.